The van der Waals surface area contributed by atoms with Crippen molar-refractivity contribution < 1.29 is 28.0 Å². The van der Waals surface area contributed by atoms with Gasteiger partial charge in [-0.1, -0.05) is 36.7 Å². The second-order valence-electron chi connectivity index (χ2n) is 17.6. The van der Waals surface area contributed by atoms with Crippen molar-refractivity contribution in [3.05, 3.63) is 82.0 Å². The monoisotopic (exact) mass is 845 g/mol. The lowest BCUT2D eigenvalue weighted by atomic mass is 9.68. The van der Waals surface area contributed by atoms with Gasteiger partial charge in [-0.25, -0.2) is 4.21 Å². The molecule has 13 nitrogen and oxygen atoms in total. The van der Waals surface area contributed by atoms with E-state index in [1.54, 1.807) is 31.1 Å². The normalized spacial score (nSPS) is 30.8. The van der Waals surface area contributed by atoms with Crippen molar-refractivity contribution >= 4 is 44.8 Å². The number of carbonyl (C=O) groups excluding carboxylic acids is 2. The molecule has 0 radical (unpaired) electrons. The Hall–Kier alpha value is -3.95. The number of hydrogen-bond donors (Lipinski definition) is 1. The zero-order chi connectivity index (χ0) is 40.9. The molecule has 6 aliphatic rings. The van der Waals surface area contributed by atoms with Crippen molar-refractivity contribution in [1.29, 1.82) is 0 Å². The SMILES string of the molecule is CO[C@H]1/C=C\C[C@H](C)CS(=O)(NC(=O)c2cn(C)nc2N2CCN(C3COC3)CC2)=NC(=O)c2ccc3c(c2)N(C[C@@H]2CC[C@H]21)C[C@@]1(CCCc2cc(Cl)ccc21)CO3. The van der Waals surface area contributed by atoms with Gasteiger partial charge in [0, 0.05) is 75.6 Å². The van der Waals surface area contributed by atoms with Crippen LogP contribution in [-0.2, 0) is 38.3 Å². The average molecular weight is 846 g/mol. The van der Waals surface area contributed by atoms with Gasteiger partial charge in [-0.15, -0.1) is 4.36 Å². The predicted molar refractivity (Wildman–Crippen MR) is 229 cm³/mol. The van der Waals surface area contributed by atoms with Gasteiger partial charge >= 0.3 is 0 Å². The lowest BCUT2D eigenvalue weighted by Crippen LogP contribution is -2.56. The van der Waals surface area contributed by atoms with Crippen LogP contribution in [0.4, 0.5) is 11.5 Å². The molecule has 59 heavy (non-hydrogen) atoms. The molecule has 5 heterocycles. The minimum absolute atomic E-state index is 0.0115. The fourth-order valence-corrected chi connectivity index (χ4v) is 12.2. The Morgan fingerprint density at radius 2 is 1.92 bits per heavy atom. The smallest absolute Gasteiger partial charge is 0.286 e. The van der Waals surface area contributed by atoms with E-state index in [-0.39, 0.29) is 23.2 Å². The summed E-state index contributed by atoms with van der Waals surface area (Å²) in [6, 6.07) is 12.1. The van der Waals surface area contributed by atoms with Gasteiger partial charge in [0.2, 0.25) is 0 Å². The average Bonchev–Trinajstić information content (AvgIpc) is 3.51. The molecule has 2 bridgehead atoms. The number of nitrogens with zero attached hydrogens (tertiary/aromatic N) is 6. The summed E-state index contributed by atoms with van der Waals surface area (Å²) in [6.45, 7) is 8.50. The van der Waals surface area contributed by atoms with E-state index in [1.807, 2.05) is 25.1 Å². The number of allylic oxidation sites excluding steroid dienone is 1. The number of ether oxygens (including phenoxy) is 3. The van der Waals surface area contributed by atoms with Crippen LogP contribution in [0.5, 0.6) is 5.75 Å². The quantitative estimate of drug-likeness (QED) is 0.322. The van der Waals surface area contributed by atoms with Crippen LogP contribution in [0, 0.1) is 17.8 Å². The van der Waals surface area contributed by atoms with Crippen LogP contribution in [0.1, 0.15) is 70.9 Å². The van der Waals surface area contributed by atoms with Crippen molar-refractivity contribution in [2.75, 3.05) is 81.8 Å². The number of carbonyl (C=O) groups is 2. The number of nitrogens with one attached hydrogen (secondary N) is 1. The third-order valence-electron chi connectivity index (χ3n) is 13.6. The molecule has 3 fully saturated rings. The third kappa shape index (κ3) is 8.15. The number of rotatable bonds is 5. The minimum Gasteiger partial charge on any atom is -0.490 e. The van der Waals surface area contributed by atoms with Crippen LogP contribution in [0.15, 0.2) is 59.1 Å². The van der Waals surface area contributed by atoms with Crippen LogP contribution in [0.25, 0.3) is 0 Å². The largest absolute Gasteiger partial charge is 0.490 e. The lowest BCUT2D eigenvalue weighted by Gasteiger charge is -2.46. The molecule has 15 heteroatoms. The molecule has 1 N–H and O–H groups in total. The minimum atomic E-state index is -3.62. The number of hydrogen-bond acceptors (Lipinski definition) is 10. The number of fused-ring (bicyclic) bond motifs is 4. The first-order valence-electron chi connectivity index (χ1n) is 21.2. The fraction of sp³-hybridized carbons (Fsp3) is 0.568. The van der Waals surface area contributed by atoms with Gasteiger partial charge < -0.3 is 24.0 Å². The van der Waals surface area contributed by atoms with Crippen molar-refractivity contribution in [2.24, 2.45) is 29.2 Å². The second-order valence-corrected chi connectivity index (χ2v) is 20.1. The van der Waals surface area contributed by atoms with Gasteiger partial charge in [-0.2, -0.15) is 5.10 Å². The second kappa shape index (κ2) is 16.5. The van der Waals surface area contributed by atoms with Gasteiger partial charge in [-0.3, -0.25) is 23.9 Å². The number of amides is 2. The first-order valence-corrected chi connectivity index (χ1v) is 23.3. The molecule has 316 valence electrons. The fourth-order valence-electron chi connectivity index (χ4n) is 10.2. The van der Waals surface area contributed by atoms with Crippen molar-refractivity contribution in [1.82, 2.24) is 19.4 Å². The number of anilines is 2. The van der Waals surface area contributed by atoms with Crippen LogP contribution in [-0.4, -0.2) is 115 Å². The maximum absolute atomic E-state index is 15.0. The molecular formula is C44H56ClN7O6S. The van der Waals surface area contributed by atoms with Gasteiger partial charge in [0.15, 0.2) is 5.82 Å². The highest BCUT2D eigenvalue weighted by Gasteiger charge is 2.44. The van der Waals surface area contributed by atoms with Crippen molar-refractivity contribution in [3.8, 4) is 5.75 Å². The summed E-state index contributed by atoms with van der Waals surface area (Å²) in [5.74, 6) is 0.535. The first kappa shape index (κ1) is 40.5. The molecule has 1 spiro atoms. The molecule has 1 unspecified atom stereocenters. The molecule has 1 saturated carbocycles. The molecule has 6 atom stereocenters. The zero-order valence-electron chi connectivity index (χ0n) is 34.3. The van der Waals surface area contributed by atoms with E-state index < -0.39 is 21.7 Å². The Labute approximate surface area is 352 Å². The summed E-state index contributed by atoms with van der Waals surface area (Å²) in [5.41, 5.74) is 3.68. The number of piperazine rings is 1. The lowest BCUT2D eigenvalue weighted by molar-refractivity contribution is -0.0661. The summed E-state index contributed by atoms with van der Waals surface area (Å²) >= 11 is 6.50. The zero-order valence-corrected chi connectivity index (χ0v) is 35.9. The number of aryl methyl sites for hydroxylation is 2. The molecule has 3 aromatic rings. The van der Waals surface area contributed by atoms with Gasteiger partial charge in [0.05, 0.1) is 43.4 Å². The molecular weight excluding hydrogens is 790 g/mol. The molecule has 2 aliphatic carbocycles. The molecule has 2 aromatic carbocycles. The molecule has 4 aliphatic heterocycles. The van der Waals surface area contributed by atoms with Crippen LogP contribution < -0.4 is 19.3 Å². The van der Waals surface area contributed by atoms with Gasteiger partial charge in [0.1, 0.15) is 21.2 Å². The summed E-state index contributed by atoms with van der Waals surface area (Å²) < 4.78 is 42.0. The first-order chi connectivity index (χ1) is 28.5. The highest BCUT2D eigenvalue weighted by atomic mass is 35.5. The third-order valence-corrected chi connectivity index (χ3v) is 15.8. The standard InChI is InChI=1S/C44H56ClN7O6S/c1-29-6-4-8-39(56-3)35-12-9-32(35)22-52-27-44(15-5-7-30-20-33(45)11-13-37(30)44)28-58-40-14-10-31(21-38(40)52)42(53)47-59(55,26-29)48-43(54)36-23-49(2)46-41(36)51-18-16-50(17-19-51)34-24-57-25-34/h4,8,10-11,13-14,20-21,23,29,32,34-35,39H,5-7,9,12,15-19,22,24-28H2,1-3H3,(H,47,48,53,54,55)/b8-4-/t29-,32-,35+,39-,44-,59?/m0/s1. The van der Waals surface area contributed by atoms with E-state index >= 15 is 4.21 Å². The summed E-state index contributed by atoms with van der Waals surface area (Å²) in [4.78, 5) is 35.5. The number of aromatic nitrogens is 2. The van der Waals surface area contributed by atoms with E-state index in [1.165, 1.54) is 11.1 Å². The Morgan fingerprint density at radius 3 is 2.66 bits per heavy atom. The predicted octanol–water partition coefficient (Wildman–Crippen LogP) is 5.66. The van der Waals surface area contributed by atoms with E-state index in [0.717, 1.165) is 75.7 Å². The Bertz CT molecular complexity index is 2240. The van der Waals surface area contributed by atoms with E-state index in [2.05, 4.69) is 53.2 Å². The van der Waals surface area contributed by atoms with Crippen molar-refractivity contribution in [2.45, 2.75) is 63.0 Å². The van der Waals surface area contributed by atoms with Crippen LogP contribution in [0.3, 0.4) is 0 Å². The van der Waals surface area contributed by atoms with Gasteiger partial charge in [0.25, 0.3) is 11.8 Å². The number of benzene rings is 2. The summed E-state index contributed by atoms with van der Waals surface area (Å²) in [6.07, 6.45) is 11.5. The van der Waals surface area contributed by atoms with Crippen LogP contribution >= 0.6 is 11.6 Å². The van der Waals surface area contributed by atoms with Crippen molar-refractivity contribution in [3.63, 3.8) is 0 Å². The Balaban J connectivity index is 1.05. The van der Waals surface area contributed by atoms with E-state index in [4.69, 9.17) is 25.8 Å². The maximum Gasteiger partial charge on any atom is 0.286 e. The highest BCUT2D eigenvalue weighted by molar-refractivity contribution is 7.92. The summed E-state index contributed by atoms with van der Waals surface area (Å²) in [7, 11) is -0.0744. The highest BCUT2D eigenvalue weighted by Crippen LogP contribution is 2.47. The molecule has 9 rings (SSSR count). The maximum atomic E-state index is 15.0. The Kier molecular flexibility index (Phi) is 11.3. The number of methoxy groups -OCH3 is 1. The van der Waals surface area contributed by atoms with Gasteiger partial charge in [-0.05, 0) is 97.7 Å². The topological polar surface area (TPSA) is 131 Å². The molecule has 2 amide bonds. The summed E-state index contributed by atoms with van der Waals surface area (Å²) in [5, 5.41) is 5.40. The molecule has 2 saturated heterocycles. The van der Waals surface area contributed by atoms with E-state index in [0.29, 0.717) is 73.2 Å². The Morgan fingerprint density at radius 1 is 1.08 bits per heavy atom. The molecule has 1 aromatic heterocycles. The van der Waals surface area contributed by atoms with Crippen LogP contribution in [0.2, 0.25) is 5.02 Å². The number of halogens is 1. The van der Waals surface area contributed by atoms with E-state index in [9.17, 15) is 9.59 Å².